The number of hydrogen-bond acceptors (Lipinski definition) is 2. The van der Waals surface area contributed by atoms with Gasteiger partial charge in [0.1, 0.15) is 6.54 Å². The quantitative estimate of drug-likeness (QED) is 0.839. The zero-order chi connectivity index (χ0) is 18.8. The Bertz CT molecular complexity index is 879. The van der Waals surface area contributed by atoms with Gasteiger partial charge in [0.15, 0.2) is 11.6 Å². The number of benzene rings is 2. The molecule has 0 aromatic heterocycles. The van der Waals surface area contributed by atoms with Gasteiger partial charge in [0.25, 0.3) is 0 Å². The molecule has 9 heteroatoms. The van der Waals surface area contributed by atoms with Crippen molar-refractivity contribution in [3.8, 4) is 0 Å². The average Bonchev–Trinajstić information content (AvgIpc) is 2.94. The van der Waals surface area contributed by atoms with Crippen molar-refractivity contribution in [1.29, 1.82) is 0 Å². The minimum atomic E-state index is -1.04. The number of halogens is 4. The van der Waals surface area contributed by atoms with Gasteiger partial charge in [-0.15, -0.1) is 0 Å². The first kappa shape index (κ1) is 18.4. The molecule has 3 rings (SSSR count). The van der Waals surface area contributed by atoms with Crippen molar-refractivity contribution in [2.24, 2.45) is 0 Å². The molecule has 136 valence electrons. The molecule has 0 aliphatic carbocycles. The number of nitrogens with one attached hydrogen (secondary N) is 1. The lowest BCUT2D eigenvalue weighted by molar-refractivity contribution is -0.116. The predicted octanol–water partition coefficient (Wildman–Crippen LogP) is 4.15. The van der Waals surface area contributed by atoms with Crippen LogP contribution in [0.3, 0.4) is 0 Å². The molecular formula is C17H13Cl2F2N3O2. The molecule has 2 aromatic rings. The minimum absolute atomic E-state index is 0.181. The van der Waals surface area contributed by atoms with Gasteiger partial charge in [-0.3, -0.25) is 9.69 Å². The number of hydrogen-bond donors (Lipinski definition) is 1. The maximum absolute atomic E-state index is 13.4. The monoisotopic (exact) mass is 399 g/mol. The minimum Gasteiger partial charge on any atom is -0.324 e. The molecule has 1 saturated heterocycles. The van der Waals surface area contributed by atoms with Crippen LogP contribution in [0.4, 0.5) is 25.0 Å². The summed E-state index contributed by atoms with van der Waals surface area (Å²) >= 11 is 11.7. The highest BCUT2D eigenvalue weighted by Gasteiger charge is 2.31. The van der Waals surface area contributed by atoms with Crippen LogP contribution in [0.2, 0.25) is 10.0 Å². The summed E-state index contributed by atoms with van der Waals surface area (Å²) < 4.78 is 26.4. The highest BCUT2D eigenvalue weighted by molar-refractivity contribution is 6.42. The number of carbonyl (C=O) groups is 2. The van der Waals surface area contributed by atoms with E-state index in [9.17, 15) is 18.4 Å². The largest absolute Gasteiger partial charge is 0.325 e. The lowest BCUT2D eigenvalue weighted by Gasteiger charge is -2.18. The number of nitrogens with zero attached hydrogens (tertiary/aromatic N) is 2. The van der Waals surface area contributed by atoms with Crippen molar-refractivity contribution in [3.05, 3.63) is 58.1 Å². The Kier molecular flexibility index (Phi) is 5.29. The van der Waals surface area contributed by atoms with Gasteiger partial charge < -0.3 is 10.2 Å². The highest BCUT2D eigenvalue weighted by atomic mass is 35.5. The molecule has 3 amide bonds. The topological polar surface area (TPSA) is 52.7 Å². The van der Waals surface area contributed by atoms with E-state index < -0.39 is 23.6 Å². The number of rotatable bonds is 4. The Labute approximate surface area is 158 Å². The van der Waals surface area contributed by atoms with E-state index in [-0.39, 0.29) is 25.3 Å². The number of carbonyl (C=O) groups excluding carboxylic acids is 2. The maximum Gasteiger partial charge on any atom is 0.325 e. The zero-order valence-electron chi connectivity index (χ0n) is 13.3. The molecular weight excluding hydrogens is 387 g/mol. The normalized spacial score (nSPS) is 14.1. The lowest BCUT2D eigenvalue weighted by atomic mass is 10.3. The molecule has 1 aliphatic rings. The fraction of sp³-hybridized carbons (Fsp3) is 0.176. The van der Waals surface area contributed by atoms with Crippen LogP contribution in [0.25, 0.3) is 0 Å². The molecule has 5 nitrogen and oxygen atoms in total. The van der Waals surface area contributed by atoms with Crippen LogP contribution in [0, 0.1) is 11.6 Å². The van der Waals surface area contributed by atoms with E-state index >= 15 is 0 Å². The number of anilines is 2. The fourth-order valence-electron chi connectivity index (χ4n) is 2.57. The fourth-order valence-corrected chi connectivity index (χ4v) is 2.87. The summed E-state index contributed by atoms with van der Waals surface area (Å²) in [7, 11) is 0. The Morgan fingerprint density at radius 3 is 2.50 bits per heavy atom. The van der Waals surface area contributed by atoms with Gasteiger partial charge in [-0.2, -0.15) is 0 Å². The first-order valence-corrected chi connectivity index (χ1v) is 8.37. The van der Waals surface area contributed by atoms with Gasteiger partial charge in [0, 0.05) is 30.5 Å². The Morgan fingerprint density at radius 1 is 1.04 bits per heavy atom. The van der Waals surface area contributed by atoms with E-state index in [1.165, 1.54) is 21.9 Å². The van der Waals surface area contributed by atoms with Gasteiger partial charge in [-0.05, 0) is 30.3 Å². The third-order valence-electron chi connectivity index (χ3n) is 3.85. The third-order valence-corrected chi connectivity index (χ3v) is 4.59. The number of amides is 3. The average molecular weight is 400 g/mol. The highest BCUT2D eigenvalue weighted by Crippen LogP contribution is 2.25. The Morgan fingerprint density at radius 2 is 1.81 bits per heavy atom. The van der Waals surface area contributed by atoms with Crippen LogP contribution in [-0.4, -0.2) is 36.5 Å². The van der Waals surface area contributed by atoms with Crippen LogP contribution in [0.1, 0.15) is 0 Å². The van der Waals surface area contributed by atoms with E-state index in [4.69, 9.17) is 23.2 Å². The van der Waals surface area contributed by atoms with Crippen molar-refractivity contribution in [2.45, 2.75) is 0 Å². The SMILES string of the molecule is O=C(CN1CCN(c2ccc(F)c(F)c2)C1=O)Nc1ccc(Cl)c(Cl)c1. The summed E-state index contributed by atoms with van der Waals surface area (Å²) in [5.41, 5.74) is 0.690. The third kappa shape index (κ3) is 3.89. The molecule has 2 aromatic carbocycles. The van der Waals surface area contributed by atoms with E-state index in [1.54, 1.807) is 12.1 Å². The van der Waals surface area contributed by atoms with Crippen molar-refractivity contribution in [1.82, 2.24) is 4.90 Å². The smallest absolute Gasteiger partial charge is 0.324 e. The molecule has 0 bridgehead atoms. The molecule has 1 N–H and O–H groups in total. The zero-order valence-corrected chi connectivity index (χ0v) is 14.8. The second kappa shape index (κ2) is 7.47. The van der Waals surface area contributed by atoms with Crippen molar-refractivity contribution >= 4 is 46.5 Å². The second-order valence-electron chi connectivity index (χ2n) is 5.63. The Balaban J connectivity index is 1.63. The second-order valence-corrected chi connectivity index (χ2v) is 6.45. The molecule has 0 radical (unpaired) electrons. The van der Waals surface area contributed by atoms with Crippen molar-refractivity contribution in [3.63, 3.8) is 0 Å². The summed E-state index contributed by atoms with van der Waals surface area (Å²) in [6.07, 6.45) is 0. The van der Waals surface area contributed by atoms with Gasteiger partial charge in [0.05, 0.1) is 10.0 Å². The van der Waals surface area contributed by atoms with E-state index in [1.807, 2.05) is 0 Å². The molecule has 1 fully saturated rings. The van der Waals surface area contributed by atoms with Crippen molar-refractivity contribution < 1.29 is 18.4 Å². The van der Waals surface area contributed by atoms with Crippen LogP contribution < -0.4 is 10.2 Å². The number of urea groups is 1. The van der Waals surface area contributed by atoms with Gasteiger partial charge >= 0.3 is 6.03 Å². The predicted molar refractivity (Wildman–Crippen MR) is 95.8 cm³/mol. The first-order valence-electron chi connectivity index (χ1n) is 7.61. The summed E-state index contributed by atoms with van der Waals surface area (Å²) in [6, 6.07) is 7.40. The van der Waals surface area contributed by atoms with Crippen LogP contribution in [-0.2, 0) is 4.79 Å². The molecule has 0 atom stereocenters. The lowest BCUT2D eigenvalue weighted by Crippen LogP contribution is -2.37. The summed E-state index contributed by atoms with van der Waals surface area (Å²) in [4.78, 5) is 27.1. The van der Waals surface area contributed by atoms with E-state index in [0.717, 1.165) is 12.1 Å². The van der Waals surface area contributed by atoms with Crippen LogP contribution in [0.5, 0.6) is 0 Å². The van der Waals surface area contributed by atoms with Crippen LogP contribution >= 0.6 is 23.2 Å². The van der Waals surface area contributed by atoms with Crippen LogP contribution in [0.15, 0.2) is 36.4 Å². The molecule has 1 aliphatic heterocycles. The maximum atomic E-state index is 13.4. The van der Waals surface area contributed by atoms with Gasteiger partial charge in [0.2, 0.25) is 5.91 Å². The van der Waals surface area contributed by atoms with E-state index in [2.05, 4.69) is 5.32 Å². The molecule has 26 heavy (non-hydrogen) atoms. The summed E-state index contributed by atoms with van der Waals surface area (Å²) in [5, 5.41) is 3.28. The molecule has 0 spiro atoms. The first-order chi connectivity index (χ1) is 12.3. The standard InChI is InChI=1S/C17H13Cl2F2N3O2/c18-12-3-1-10(7-13(12)19)22-16(25)9-23-5-6-24(17(23)26)11-2-4-14(20)15(21)8-11/h1-4,7-8H,5-6,9H2,(H,22,25). The molecule has 1 heterocycles. The summed E-state index contributed by atoms with van der Waals surface area (Å²) in [6.45, 7) is 0.371. The Hall–Kier alpha value is -2.38. The van der Waals surface area contributed by atoms with Gasteiger partial charge in [-0.25, -0.2) is 13.6 Å². The molecule has 0 unspecified atom stereocenters. The van der Waals surface area contributed by atoms with E-state index in [0.29, 0.717) is 15.7 Å². The molecule has 0 saturated carbocycles. The summed E-state index contributed by atoms with van der Waals surface area (Å²) in [5.74, 6) is -2.44. The van der Waals surface area contributed by atoms with Crippen molar-refractivity contribution in [2.75, 3.05) is 29.9 Å². The van der Waals surface area contributed by atoms with Gasteiger partial charge in [-0.1, -0.05) is 23.2 Å².